The molecule has 108 valence electrons. The summed E-state index contributed by atoms with van der Waals surface area (Å²) in [5.74, 6) is -0.281. The molecule has 0 fully saturated rings. The van der Waals surface area contributed by atoms with Crippen molar-refractivity contribution in [2.24, 2.45) is 7.05 Å². The molecular formula is C14H14N4O3. The zero-order chi connectivity index (χ0) is 15.0. The van der Waals surface area contributed by atoms with Crippen molar-refractivity contribution in [2.45, 2.75) is 12.3 Å². The van der Waals surface area contributed by atoms with E-state index in [2.05, 4.69) is 20.1 Å². The van der Waals surface area contributed by atoms with Crippen LogP contribution in [0.5, 0.6) is 0 Å². The van der Waals surface area contributed by atoms with Gasteiger partial charge in [0.25, 0.3) is 0 Å². The second-order valence-electron chi connectivity index (χ2n) is 4.85. The van der Waals surface area contributed by atoms with Gasteiger partial charge in [0.15, 0.2) is 5.82 Å². The molecule has 1 N–H and O–H groups in total. The average Bonchev–Trinajstić information content (AvgIpc) is 2.85. The Bertz CT molecular complexity index is 723. The number of ether oxygens (including phenoxy) is 1. The summed E-state index contributed by atoms with van der Waals surface area (Å²) in [6.07, 6.45) is 2.13. The number of amides is 1. The highest BCUT2D eigenvalue weighted by molar-refractivity contribution is 5.94. The molecular weight excluding hydrogens is 272 g/mol. The summed E-state index contributed by atoms with van der Waals surface area (Å²) in [5, 5.41) is 6.96. The molecule has 0 aliphatic carbocycles. The van der Waals surface area contributed by atoms with Gasteiger partial charge in [-0.25, -0.2) is 9.78 Å². The third kappa shape index (κ3) is 2.37. The number of esters is 1. The summed E-state index contributed by atoms with van der Waals surface area (Å²) in [5.41, 5.74) is 1.78. The Morgan fingerprint density at radius 1 is 1.48 bits per heavy atom. The van der Waals surface area contributed by atoms with Crippen molar-refractivity contribution in [1.82, 2.24) is 14.8 Å². The Labute approximate surface area is 120 Å². The third-order valence-corrected chi connectivity index (χ3v) is 3.40. The summed E-state index contributed by atoms with van der Waals surface area (Å²) in [6, 6.07) is 5.12. The van der Waals surface area contributed by atoms with E-state index in [-0.39, 0.29) is 23.9 Å². The van der Waals surface area contributed by atoms with Crippen molar-refractivity contribution in [2.75, 3.05) is 12.4 Å². The molecule has 0 saturated heterocycles. The molecule has 0 aromatic carbocycles. The minimum absolute atomic E-state index is 0.114. The van der Waals surface area contributed by atoms with Crippen LogP contribution in [-0.2, 0) is 16.6 Å². The summed E-state index contributed by atoms with van der Waals surface area (Å²) in [6.45, 7) is 0. The molecule has 1 aliphatic heterocycles. The van der Waals surface area contributed by atoms with Crippen LogP contribution in [0.15, 0.2) is 24.4 Å². The predicted octanol–water partition coefficient (Wildman–Crippen LogP) is 1.08. The lowest BCUT2D eigenvalue weighted by Crippen LogP contribution is -2.23. The van der Waals surface area contributed by atoms with E-state index in [1.165, 1.54) is 7.11 Å². The van der Waals surface area contributed by atoms with E-state index in [9.17, 15) is 9.59 Å². The first-order chi connectivity index (χ1) is 10.1. The number of aromatic nitrogens is 3. The van der Waals surface area contributed by atoms with E-state index in [1.54, 1.807) is 29.9 Å². The third-order valence-electron chi connectivity index (χ3n) is 3.40. The molecule has 1 aliphatic rings. The maximum Gasteiger partial charge on any atom is 0.356 e. The first-order valence-electron chi connectivity index (χ1n) is 6.47. The predicted molar refractivity (Wildman–Crippen MR) is 73.9 cm³/mol. The van der Waals surface area contributed by atoms with E-state index < -0.39 is 5.97 Å². The SMILES string of the molecule is COC(=O)c1cccc(C2CC(=O)Nc3nn(C)cc32)n1. The van der Waals surface area contributed by atoms with Crippen molar-refractivity contribution in [3.63, 3.8) is 0 Å². The first-order valence-corrected chi connectivity index (χ1v) is 6.47. The molecule has 0 bridgehead atoms. The van der Waals surface area contributed by atoms with Gasteiger partial charge in [-0.15, -0.1) is 0 Å². The van der Waals surface area contributed by atoms with Crippen LogP contribution in [0.25, 0.3) is 0 Å². The smallest absolute Gasteiger partial charge is 0.356 e. The number of methoxy groups -OCH3 is 1. The van der Waals surface area contributed by atoms with Crippen molar-refractivity contribution in [3.05, 3.63) is 41.3 Å². The number of hydrogen-bond acceptors (Lipinski definition) is 5. The van der Waals surface area contributed by atoms with Gasteiger partial charge >= 0.3 is 5.97 Å². The number of nitrogens with zero attached hydrogens (tertiary/aromatic N) is 3. The number of anilines is 1. The van der Waals surface area contributed by atoms with Gasteiger partial charge in [0.2, 0.25) is 5.91 Å². The van der Waals surface area contributed by atoms with Crippen molar-refractivity contribution >= 4 is 17.7 Å². The highest BCUT2D eigenvalue weighted by Gasteiger charge is 2.30. The molecule has 1 atom stereocenters. The minimum atomic E-state index is -0.497. The van der Waals surface area contributed by atoms with Crippen LogP contribution in [-0.4, -0.2) is 33.8 Å². The standard InChI is InChI=1S/C14H14N4O3/c1-18-7-9-8(6-12(19)16-13(9)17-18)10-4-3-5-11(15-10)14(20)21-2/h3-5,7-8H,6H2,1-2H3,(H,16,17,19). The number of carbonyl (C=O) groups excluding carboxylic acids is 2. The van der Waals surface area contributed by atoms with Gasteiger partial charge in [0.05, 0.1) is 7.11 Å². The highest BCUT2D eigenvalue weighted by atomic mass is 16.5. The van der Waals surface area contributed by atoms with E-state index >= 15 is 0 Å². The van der Waals surface area contributed by atoms with Gasteiger partial charge in [0.1, 0.15) is 5.69 Å². The monoisotopic (exact) mass is 286 g/mol. The molecule has 1 unspecified atom stereocenters. The fourth-order valence-electron chi connectivity index (χ4n) is 2.47. The van der Waals surface area contributed by atoms with Crippen LogP contribution in [0.2, 0.25) is 0 Å². The Morgan fingerprint density at radius 2 is 2.29 bits per heavy atom. The van der Waals surface area contributed by atoms with Gasteiger partial charge in [-0.05, 0) is 12.1 Å². The van der Waals surface area contributed by atoms with Crippen molar-refractivity contribution in [3.8, 4) is 0 Å². The molecule has 2 aromatic rings. The van der Waals surface area contributed by atoms with Gasteiger partial charge in [-0.2, -0.15) is 5.10 Å². The number of fused-ring (bicyclic) bond motifs is 1. The Kier molecular flexibility index (Phi) is 3.17. The first kappa shape index (κ1) is 13.3. The van der Waals surface area contributed by atoms with Crippen LogP contribution in [0.4, 0.5) is 5.82 Å². The number of pyridine rings is 1. The second-order valence-corrected chi connectivity index (χ2v) is 4.85. The minimum Gasteiger partial charge on any atom is -0.464 e. The van der Waals surface area contributed by atoms with Crippen LogP contribution in [0.1, 0.15) is 34.1 Å². The molecule has 3 rings (SSSR count). The quantitative estimate of drug-likeness (QED) is 0.835. The van der Waals surface area contributed by atoms with E-state index in [4.69, 9.17) is 0 Å². The lowest BCUT2D eigenvalue weighted by molar-refractivity contribution is -0.116. The number of carbonyl (C=O) groups is 2. The van der Waals surface area contributed by atoms with Gasteiger partial charge < -0.3 is 10.1 Å². The molecule has 0 radical (unpaired) electrons. The Balaban J connectivity index is 2.04. The van der Waals surface area contributed by atoms with E-state index in [1.807, 2.05) is 6.20 Å². The second kappa shape index (κ2) is 5.01. The van der Waals surface area contributed by atoms with Crippen LogP contribution < -0.4 is 5.32 Å². The zero-order valence-electron chi connectivity index (χ0n) is 11.7. The fraction of sp³-hybridized carbons (Fsp3) is 0.286. The molecule has 3 heterocycles. The molecule has 2 aromatic heterocycles. The molecule has 0 saturated carbocycles. The normalized spacial score (nSPS) is 17.0. The van der Waals surface area contributed by atoms with Crippen LogP contribution >= 0.6 is 0 Å². The summed E-state index contributed by atoms with van der Waals surface area (Å²) >= 11 is 0. The van der Waals surface area contributed by atoms with E-state index in [0.29, 0.717) is 11.5 Å². The van der Waals surface area contributed by atoms with E-state index in [0.717, 1.165) is 5.56 Å². The van der Waals surface area contributed by atoms with Crippen molar-refractivity contribution in [1.29, 1.82) is 0 Å². The highest BCUT2D eigenvalue weighted by Crippen LogP contribution is 2.35. The number of aryl methyl sites for hydroxylation is 1. The van der Waals surface area contributed by atoms with Gasteiger partial charge in [-0.1, -0.05) is 6.07 Å². The zero-order valence-corrected chi connectivity index (χ0v) is 11.7. The molecule has 1 amide bonds. The van der Waals surface area contributed by atoms with Gasteiger partial charge in [-0.3, -0.25) is 9.48 Å². The lowest BCUT2D eigenvalue weighted by atomic mass is 9.90. The Hall–Kier alpha value is -2.70. The van der Waals surface area contributed by atoms with Gasteiger partial charge in [0, 0.05) is 36.8 Å². The maximum absolute atomic E-state index is 11.8. The van der Waals surface area contributed by atoms with Crippen LogP contribution in [0, 0.1) is 0 Å². The number of rotatable bonds is 2. The average molecular weight is 286 g/mol. The molecule has 7 heteroatoms. The largest absolute Gasteiger partial charge is 0.464 e. The summed E-state index contributed by atoms with van der Waals surface area (Å²) < 4.78 is 6.32. The fourth-order valence-corrected chi connectivity index (χ4v) is 2.47. The lowest BCUT2D eigenvalue weighted by Gasteiger charge is -2.21. The molecule has 0 spiro atoms. The summed E-state index contributed by atoms with van der Waals surface area (Å²) in [4.78, 5) is 27.7. The molecule has 21 heavy (non-hydrogen) atoms. The van der Waals surface area contributed by atoms with Crippen LogP contribution in [0.3, 0.4) is 0 Å². The Morgan fingerprint density at radius 3 is 3.05 bits per heavy atom. The summed E-state index contributed by atoms with van der Waals surface area (Å²) in [7, 11) is 3.10. The number of nitrogens with one attached hydrogen (secondary N) is 1. The number of hydrogen-bond donors (Lipinski definition) is 1. The molecule has 7 nitrogen and oxygen atoms in total. The maximum atomic E-state index is 11.8. The topological polar surface area (TPSA) is 86.1 Å². The van der Waals surface area contributed by atoms with Crippen molar-refractivity contribution < 1.29 is 14.3 Å².